The first-order valence-electron chi connectivity index (χ1n) is 6.53. The Bertz CT molecular complexity index is 551. The van der Waals surface area contributed by atoms with Gasteiger partial charge in [0.2, 0.25) is 0 Å². The van der Waals surface area contributed by atoms with Crippen LogP contribution < -0.4 is 4.72 Å². The van der Waals surface area contributed by atoms with Crippen molar-refractivity contribution in [1.29, 1.82) is 0 Å². The van der Waals surface area contributed by atoms with Crippen LogP contribution in [0.5, 0.6) is 0 Å². The summed E-state index contributed by atoms with van der Waals surface area (Å²) in [6.07, 6.45) is 3.65. The fourth-order valence-electron chi connectivity index (χ4n) is 1.77. The predicted molar refractivity (Wildman–Crippen MR) is 73.7 cm³/mol. The van der Waals surface area contributed by atoms with Crippen molar-refractivity contribution in [3.63, 3.8) is 0 Å². The molecule has 0 saturated carbocycles. The lowest BCUT2D eigenvalue weighted by Crippen LogP contribution is -2.40. The number of aromatic nitrogens is 2. The van der Waals surface area contributed by atoms with Gasteiger partial charge in [-0.25, -0.2) is 13.4 Å². The van der Waals surface area contributed by atoms with Crippen LogP contribution in [0.15, 0.2) is 17.6 Å². The molecule has 1 heterocycles. The first-order chi connectivity index (χ1) is 9.26. The Kier molecular flexibility index (Phi) is 5.70. The normalized spacial score (nSPS) is 13.6. The van der Waals surface area contributed by atoms with Crippen molar-refractivity contribution in [2.75, 3.05) is 0 Å². The van der Waals surface area contributed by atoms with E-state index in [4.69, 9.17) is 5.11 Å². The van der Waals surface area contributed by atoms with Crippen LogP contribution in [0.3, 0.4) is 0 Å². The Balaban J connectivity index is 2.87. The Morgan fingerprint density at radius 1 is 1.50 bits per heavy atom. The molecule has 1 aromatic rings. The summed E-state index contributed by atoms with van der Waals surface area (Å²) in [6, 6.07) is -1.12. The van der Waals surface area contributed by atoms with Gasteiger partial charge in [-0.15, -0.1) is 0 Å². The Morgan fingerprint density at radius 2 is 2.15 bits per heavy atom. The van der Waals surface area contributed by atoms with E-state index in [-0.39, 0.29) is 11.4 Å². The minimum Gasteiger partial charge on any atom is -0.480 e. The Labute approximate surface area is 119 Å². The van der Waals surface area contributed by atoms with E-state index >= 15 is 0 Å². The molecule has 0 aliphatic carbocycles. The van der Waals surface area contributed by atoms with Gasteiger partial charge in [-0.05, 0) is 12.3 Å². The molecule has 114 valence electrons. The molecule has 0 aliphatic rings. The van der Waals surface area contributed by atoms with E-state index in [1.165, 1.54) is 12.5 Å². The van der Waals surface area contributed by atoms with Crippen molar-refractivity contribution in [2.24, 2.45) is 5.92 Å². The van der Waals surface area contributed by atoms with Crippen LogP contribution in [0.4, 0.5) is 0 Å². The van der Waals surface area contributed by atoms with Gasteiger partial charge in [-0.1, -0.05) is 27.2 Å². The number of carbonyl (C=O) groups is 1. The highest BCUT2D eigenvalue weighted by Gasteiger charge is 2.26. The highest BCUT2D eigenvalue weighted by Crippen LogP contribution is 2.09. The van der Waals surface area contributed by atoms with E-state index in [2.05, 4.69) is 9.71 Å². The summed E-state index contributed by atoms with van der Waals surface area (Å²) >= 11 is 0. The molecule has 1 unspecified atom stereocenters. The Morgan fingerprint density at radius 3 is 2.65 bits per heavy atom. The van der Waals surface area contributed by atoms with E-state index in [0.717, 1.165) is 0 Å². The summed E-state index contributed by atoms with van der Waals surface area (Å²) in [5.41, 5.74) is 0. The van der Waals surface area contributed by atoms with Gasteiger partial charge in [0.05, 0.1) is 6.33 Å². The van der Waals surface area contributed by atoms with Gasteiger partial charge in [0.25, 0.3) is 10.0 Å². The number of nitrogens with one attached hydrogen (secondary N) is 1. The maximum atomic E-state index is 12.1. The quantitative estimate of drug-likeness (QED) is 0.748. The van der Waals surface area contributed by atoms with Crippen LogP contribution in [0.1, 0.15) is 33.6 Å². The van der Waals surface area contributed by atoms with Crippen molar-refractivity contribution in [1.82, 2.24) is 14.3 Å². The number of imidazole rings is 1. The zero-order valence-electron chi connectivity index (χ0n) is 11.9. The monoisotopic (exact) mass is 303 g/mol. The molecule has 0 aliphatic heterocycles. The zero-order valence-corrected chi connectivity index (χ0v) is 12.7. The molecule has 0 radical (unpaired) electrons. The predicted octanol–water partition coefficient (Wildman–Crippen LogP) is 1.07. The van der Waals surface area contributed by atoms with Gasteiger partial charge in [-0.2, -0.15) is 4.72 Å². The zero-order chi connectivity index (χ0) is 15.3. The number of carboxylic acids is 1. The molecule has 0 spiro atoms. The number of hydrogen-bond donors (Lipinski definition) is 2. The molecular formula is C12H21N3O4S. The number of rotatable bonds is 8. The van der Waals surface area contributed by atoms with Gasteiger partial charge < -0.3 is 9.67 Å². The summed E-state index contributed by atoms with van der Waals surface area (Å²) in [7, 11) is -3.90. The number of carboxylic acid groups (broad SMARTS) is 1. The third kappa shape index (κ3) is 4.61. The van der Waals surface area contributed by atoms with Crippen LogP contribution in [-0.2, 0) is 21.4 Å². The van der Waals surface area contributed by atoms with Crippen molar-refractivity contribution < 1.29 is 18.3 Å². The van der Waals surface area contributed by atoms with Gasteiger partial charge >= 0.3 is 5.97 Å². The highest BCUT2D eigenvalue weighted by molar-refractivity contribution is 7.89. The summed E-state index contributed by atoms with van der Waals surface area (Å²) in [4.78, 5) is 14.8. The summed E-state index contributed by atoms with van der Waals surface area (Å²) in [5, 5.41) is 8.83. The van der Waals surface area contributed by atoms with E-state index in [1.807, 2.05) is 13.8 Å². The second-order valence-corrected chi connectivity index (χ2v) is 6.76. The molecule has 0 saturated heterocycles. The fourth-order valence-corrected chi connectivity index (χ4v) is 2.94. The molecule has 0 fully saturated rings. The van der Waals surface area contributed by atoms with Crippen molar-refractivity contribution in [3.8, 4) is 0 Å². The molecule has 0 amide bonds. The molecule has 1 aromatic heterocycles. The van der Waals surface area contributed by atoms with Gasteiger partial charge in [0.15, 0.2) is 5.03 Å². The standard InChI is InChI=1S/C12H21N3O4S/c1-4-5-10(12(16)17)14-20(18,19)11-7-15(8-13-11)6-9(2)3/h7-10,14H,4-6H2,1-3H3,(H,16,17). The summed E-state index contributed by atoms with van der Waals surface area (Å²) < 4.78 is 28.0. The highest BCUT2D eigenvalue weighted by atomic mass is 32.2. The molecule has 7 nitrogen and oxygen atoms in total. The van der Waals surface area contributed by atoms with Crippen molar-refractivity contribution >= 4 is 16.0 Å². The minimum absolute atomic E-state index is 0.152. The van der Waals surface area contributed by atoms with Gasteiger partial charge in [0.1, 0.15) is 6.04 Å². The molecule has 0 bridgehead atoms. The van der Waals surface area contributed by atoms with Gasteiger partial charge in [0, 0.05) is 12.7 Å². The third-order valence-corrected chi connectivity index (χ3v) is 3.99. The largest absolute Gasteiger partial charge is 0.480 e. The van der Waals surface area contributed by atoms with E-state index < -0.39 is 22.0 Å². The topological polar surface area (TPSA) is 101 Å². The SMILES string of the molecule is CCCC(NS(=O)(=O)c1cn(CC(C)C)cn1)C(=O)O. The maximum absolute atomic E-state index is 12.1. The molecule has 0 aromatic carbocycles. The first kappa shape index (κ1) is 16.6. The molecule has 20 heavy (non-hydrogen) atoms. The molecule has 1 atom stereocenters. The van der Waals surface area contributed by atoms with E-state index in [0.29, 0.717) is 18.9 Å². The van der Waals surface area contributed by atoms with Crippen LogP contribution in [-0.4, -0.2) is 35.1 Å². The molecular weight excluding hydrogens is 282 g/mol. The number of nitrogens with zero attached hydrogens (tertiary/aromatic N) is 2. The second kappa shape index (κ2) is 6.85. The lowest BCUT2D eigenvalue weighted by atomic mass is 10.2. The second-order valence-electron chi connectivity index (χ2n) is 5.10. The Hall–Kier alpha value is -1.41. The number of hydrogen-bond acceptors (Lipinski definition) is 4. The van der Waals surface area contributed by atoms with Crippen LogP contribution in [0.2, 0.25) is 0 Å². The molecule has 2 N–H and O–H groups in total. The maximum Gasteiger partial charge on any atom is 0.321 e. The lowest BCUT2D eigenvalue weighted by Gasteiger charge is -2.12. The van der Waals surface area contributed by atoms with Crippen LogP contribution in [0.25, 0.3) is 0 Å². The van der Waals surface area contributed by atoms with Gasteiger partial charge in [-0.3, -0.25) is 4.79 Å². The average molecular weight is 303 g/mol. The lowest BCUT2D eigenvalue weighted by molar-refractivity contribution is -0.139. The smallest absolute Gasteiger partial charge is 0.321 e. The summed E-state index contributed by atoms with van der Waals surface area (Å²) in [5.74, 6) is -0.823. The van der Waals surface area contributed by atoms with Crippen molar-refractivity contribution in [3.05, 3.63) is 12.5 Å². The first-order valence-corrected chi connectivity index (χ1v) is 8.01. The van der Waals surface area contributed by atoms with E-state index in [1.54, 1.807) is 11.5 Å². The van der Waals surface area contributed by atoms with Crippen LogP contribution in [0, 0.1) is 5.92 Å². The molecule has 1 rings (SSSR count). The summed E-state index contributed by atoms with van der Waals surface area (Å²) in [6.45, 7) is 6.46. The molecule has 8 heteroatoms. The number of sulfonamides is 1. The minimum atomic E-state index is -3.90. The number of aliphatic carboxylic acids is 1. The third-order valence-electron chi connectivity index (χ3n) is 2.63. The van der Waals surface area contributed by atoms with Crippen molar-refractivity contribution in [2.45, 2.75) is 51.2 Å². The van der Waals surface area contributed by atoms with Crippen LogP contribution >= 0.6 is 0 Å². The average Bonchev–Trinajstić information content (AvgIpc) is 2.76. The fraction of sp³-hybridized carbons (Fsp3) is 0.667. The van der Waals surface area contributed by atoms with E-state index in [9.17, 15) is 13.2 Å².